The quantitative estimate of drug-likeness (QED) is 0.340. The van der Waals surface area contributed by atoms with Crippen LogP contribution in [0.4, 0.5) is 0 Å². The molecule has 2 aromatic rings. The van der Waals surface area contributed by atoms with E-state index in [0.29, 0.717) is 24.8 Å². The highest BCUT2D eigenvalue weighted by Gasteiger charge is 2.74. The zero-order chi connectivity index (χ0) is 27.0. The Kier molecular flexibility index (Phi) is 7.32. The number of hydrogen-bond donors (Lipinski definition) is 1. The van der Waals surface area contributed by atoms with E-state index < -0.39 is 34.6 Å². The van der Waals surface area contributed by atoms with Gasteiger partial charge in [-0.25, -0.2) is 4.68 Å². The molecule has 4 heterocycles. The first-order valence-electron chi connectivity index (χ1n) is 13.0. The number of aliphatic hydroxyl groups excluding tert-OH is 1. The summed E-state index contributed by atoms with van der Waals surface area (Å²) in [6.45, 7) is 9.49. The topological polar surface area (TPSA) is 118 Å². The molecular weight excluding hydrogens is 506 g/mol. The van der Waals surface area contributed by atoms with Gasteiger partial charge in [-0.15, -0.1) is 23.4 Å². The zero-order valence-corrected chi connectivity index (χ0v) is 22.3. The summed E-state index contributed by atoms with van der Waals surface area (Å²) in [5, 5.41) is 18.6. The van der Waals surface area contributed by atoms with Gasteiger partial charge in [0.15, 0.2) is 0 Å². The van der Waals surface area contributed by atoms with Gasteiger partial charge in [-0.3, -0.25) is 14.4 Å². The van der Waals surface area contributed by atoms with Crippen LogP contribution >= 0.6 is 11.8 Å². The van der Waals surface area contributed by atoms with E-state index in [4.69, 9.17) is 4.74 Å². The first-order chi connectivity index (χ1) is 18.4. The molecule has 1 spiro atoms. The van der Waals surface area contributed by atoms with Crippen LogP contribution in [0, 0.1) is 11.8 Å². The minimum atomic E-state index is -0.834. The van der Waals surface area contributed by atoms with Gasteiger partial charge in [0.1, 0.15) is 24.8 Å². The average Bonchev–Trinajstić information content (AvgIpc) is 3.67. The molecule has 2 amide bonds. The molecule has 10 nitrogen and oxygen atoms in total. The van der Waals surface area contributed by atoms with Crippen LogP contribution in [0.5, 0.6) is 0 Å². The fourth-order valence-electron chi connectivity index (χ4n) is 6.41. The predicted octanol–water partition coefficient (Wildman–Crippen LogP) is 1.99. The minimum Gasteiger partial charge on any atom is -0.461 e. The lowest BCUT2D eigenvalue weighted by atomic mass is 9.71. The van der Waals surface area contributed by atoms with Crippen molar-refractivity contribution in [3.8, 4) is 0 Å². The number of aliphatic hydroxyl groups is 1. The smallest absolute Gasteiger partial charge is 0.311 e. The van der Waals surface area contributed by atoms with E-state index in [1.807, 2.05) is 31.2 Å². The van der Waals surface area contributed by atoms with Crippen LogP contribution in [0.2, 0.25) is 0 Å². The van der Waals surface area contributed by atoms with Crippen molar-refractivity contribution >= 4 is 40.6 Å². The number of hydrogen-bond acceptors (Lipinski definition) is 8. The molecule has 3 aliphatic heterocycles. The van der Waals surface area contributed by atoms with Crippen molar-refractivity contribution < 1.29 is 24.2 Å². The summed E-state index contributed by atoms with van der Waals surface area (Å²) in [5.41, 5.74) is 1.50. The molecule has 5 rings (SSSR count). The molecule has 0 aliphatic carbocycles. The maximum atomic E-state index is 14.5. The summed E-state index contributed by atoms with van der Waals surface area (Å²) in [5.74, 6) is -2.25. The third-order valence-corrected chi connectivity index (χ3v) is 10.0. The SMILES string of the molecule is C=CCOC(=O)[C@@H]1[C@@H]2CCC3(S2)C(C(=O)N(CC=C)Cn2nnc4ccccc42)N([C@@H](CC)CO)C(=O)[C@H]13. The molecule has 2 bridgehead atoms. The maximum absolute atomic E-state index is 14.5. The van der Waals surface area contributed by atoms with Gasteiger partial charge in [0, 0.05) is 11.8 Å². The van der Waals surface area contributed by atoms with Crippen LogP contribution in [-0.2, 0) is 25.8 Å². The van der Waals surface area contributed by atoms with E-state index in [9.17, 15) is 19.5 Å². The fourth-order valence-corrected chi connectivity index (χ4v) is 8.60. The molecule has 6 atom stereocenters. The molecule has 3 aliphatic rings. The monoisotopic (exact) mass is 539 g/mol. The number of carbonyl (C=O) groups excluding carboxylic acids is 3. The third kappa shape index (κ3) is 4.03. The second-order valence-corrected chi connectivity index (χ2v) is 11.6. The second-order valence-electron chi connectivity index (χ2n) is 10.0. The Bertz CT molecular complexity index is 1260. The molecule has 2 unspecified atom stereocenters. The number of ether oxygens (including phenoxy) is 1. The predicted molar refractivity (Wildman–Crippen MR) is 143 cm³/mol. The van der Waals surface area contributed by atoms with Crippen LogP contribution in [-0.4, -0.2) is 89.5 Å². The first kappa shape index (κ1) is 26.4. The van der Waals surface area contributed by atoms with Gasteiger partial charge in [-0.1, -0.05) is 43.0 Å². The molecule has 38 heavy (non-hydrogen) atoms. The number of esters is 1. The molecule has 1 aromatic heterocycles. The van der Waals surface area contributed by atoms with E-state index in [-0.39, 0.29) is 43.5 Å². The molecule has 1 N–H and O–H groups in total. The van der Waals surface area contributed by atoms with Gasteiger partial charge in [0.25, 0.3) is 0 Å². The van der Waals surface area contributed by atoms with Crippen molar-refractivity contribution in [2.24, 2.45) is 11.8 Å². The second kappa shape index (κ2) is 10.5. The fraction of sp³-hybridized carbons (Fsp3) is 0.519. The minimum absolute atomic E-state index is 0.0693. The Hall–Kier alpha value is -3.18. The molecule has 202 valence electrons. The summed E-state index contributed by atoms with van der Waals surface area (Å²) in [7, 11) is 0. The number of carbonyl (C=O) groups is 3. The van der Waals surface area contributed by atoms with Crippen LogP contribution < -0.4 is 0 Å². The zero-order valence-electron chi connectivity index (χ0n) is 21.4. The average molecular weight is 540 g/mol. The molecule has 3 fully saturated rings. The van der Waals surface area contributed by atoms with Crippen LogP contribution in [0.1, 0.15) is 26.2 Å². The summed E-state index contributed by atoms with van der Waals surface area (Å²) in [6.07, 6.45) is 4.97. The number of amides is 2. The van der Waals surface area contributed by atoms with E-state index >= 15 is 0 Å². The molecule has 1 aromatic carbocycles. The van der Waals surface area contributed by atoms with Crippen LogP contribution in [0.3, 0.4) is 0 Å². The number of likely N-dealkylation sites (tertiary alicyclic amines) is 1. The first-order valence-corrected chi connectivity index (χ1v) is 13.9. The Morgan fingerprint density at radius 2 is 2.13 bits per heavy atom. The lowest BCUT2D eigenvalue weighted by Gasteiger charge is -2.39. The summed E-state index contributed by atoms with van der Waals surface area (Å²) < 4.78 is 6.29. The molecular formula is C27H33N5O5S. The van der Waals surface area contributed by atoms with Crippen molar-refractivity contribution in [3.63, 3.8) is 0 Å². The van der Waals surface area contributed by atoms with Gasteiger partial charge >= 0.3 is 5.97 Å². The number of benzene rings is 1. The largest absolute Gasteiger partial charge is 0.461 e. The number of nitrogens with zero attached hydrogens (tertiary/aromatic N) is 5. The molecule has 0 saturated carbocycles. The Labute approximate surface area is 225 Å². The Balaban J connectivity index is 1.53. The Morgan fingerprint density at radius 3 is 2.84 bits per heavy atom. The van der Waals surface area contributed by atoms with Gasteiger partial charge in [0.05, 0.1) is 34.7 Å². The molecule has 11 heteroatoms. The highest BCUT2D eigenvalue weighted by Crippen LogP contribution is 2.67. The van der Waals surface area contributed by atoms with Gasteiger partial charge < -0.3 is 19.6 Å². The normalized spacial score (nSPS) is 28.4. The molecule has 0 radical (unpaired) electrons. The number of thioether (sulfide) groups is 1. The van der Waals surface area contributed by atoms with Crippen molar-refractivity contribution in [1.82, 2.24) is 24.8 Å². The third-order valence-electron chi connectivity index (χ3n) is 8.05. The van der Waals surface area contributed by atoms with E-state index in [1.165, 1.54) is 6.08 Å². The standard InChI is InChI=1S/C27H33N5O5S/c1-4-13-30(16-31-19-10-8-7-9-18(19)28-29-31)25(35)23-27-12-11-20(38-27)21(26(36)37-14-5-2)22(27)24(34)32(23)17(6-3)15-33/h4-5,7-10,17,20-23,33H,1-2,6,11-16H2,3H3/t17-,20-,21+,22-,23?,27?/m0/s1. The summed E-state index contributed by atoms with van der Waals surface area (Å²) in [4.78, 5) is 44.8. The lowest BCUT2D eigenvalue weighted by molar-refractivity contribution is -0.153. The molecule has 3 saturated heterocycles. The number of rotatable bonds is 11. The van der Waals surface area contributed by atoms with E-state index in [1.54, 1.807) is 32.3 Å². The van der Waals surface area contributed by atoms with Gasteiger partial charge in [-0.2, -0.15) is 0 Å². The maximum Gasteiger partial charge on any atom is 0.311 e. The summed E-state index contributed by atoms with van der Waals surface area (Å²) in [6, 6.07) is 6.12. The van der Waals surface area contributed by atoms with Gasteiger partial charge in [0.2, 0.25) is 11.8 Å². The van der Waals surface area contributed by atoms with Crippen LogP contribution in [0.25, 0.3) is 11.0 Å². The number of aromatic nitrogens is 3. The summed E-state index contributed by atoms with van der Waals surface area (Å²) >= 11 is 1.57. The number of fused-ring (bicyclic) bond motifs is 2. The van der Waals surface area contributed by atoms with E-state index in [0.717, 1.165) is 5.52 Å². The van der Waals surface area contributed by atoms with Gasteiger partial charge in [-0.05, 0) is 31.4 Å². The Morgan fingerprint density at radius 1 is 1.34 bits per heavy atom. The van der Waals surface area contributed by atoms with Crippen molar-refractivity contribution in [3.05, 3.63) is 49.6 Å². The lowest BCUT2D eigenvalue weighted by Crippen LogP contribution is -2.57. The van der Waals surface area contributed by atoms with Crippen molar-refractivity contribution in [2.75, 3.05) is 19.8 Å². The van der Waals surface area contributed by atoms with E-state index in [2.05, 4.69) is 23.5 Å². The van der Waals surface area contributed by atoms with Crippen molar-refractivity contribution in [1.29, 1.82) is 0 Å². The highest BCUT2D eigenvalue weighted by molar-refractivity contribution is 8.02. The van der Waals surface area contributed by atoms with Crippen molar-refractivity contribution in [2.45, 2.75) is 54.9 Å². The van der Waals surface area contributed by atoms with Crippen LogP contribution in [0.15, 0.2) is 49.6 Å². The number of para-hydroxylation sites is 1. The highest BCUT2D eigenvalue weighted by atomic mass is 32.2.